The Morgan fingerprint density at radius 1 is 1.42 bits per heavy atom. The standard InChI is InChI=1S/C12H18N4O2.ClH/c1-2-3-4-5-8-6-7-9(13)11(16(17)18)10(8)12(14)15;/h6-7H,2-5,13H2,1H3,(H3,14,15);1H. The zero-order chi connectivity index (χ0) is 13.7. The first-order chi connectivity index (χ1) is 8.49. The molecule has 5 N–H and O–H groups in total. The number of rotatable bonds is 6. The highest BCUT2D eigenvalue weighted by Gasteiger charge is 2.23. The summed E-state index contributed by atoms with van der Waals surface area (Å²) in [7, 11) is 0. The summed E-state index contributed by atoms with van der Waals surface area (Å²) in [5, 5.41) is 18.5. The third kappa shape index (κ3) is 4.10. The number of nitro benzene ring substituents is 1. The van der Waals surface area contributed by atoms with Crippen LogP contribution in [0.2, 0.25) is 0 Å². The molecule has 0 atom stereocenters. The molecule has 0 aliphatic rings. The average Bonchev–Trinajstić information content (AvgIpc) is 2.30. The van der Waals surface area contributed by atoms with Crippen molar-refractivity contribution < 1.29 is 4.92 Å². The molecular weight excluding hydrogens is 268 g/mol. The molecule has 1 aromatic carbocycles. The topological polar surface area (TPSA) is 119 Å². The first-order valence-electron chi connectivity index (χ1n) is 5.89. The fourth-order valence-corrected chi connectivity index (χ4v) is 1.92. The van der Waals surface area contributed by atoms with Crippen LogP contribution < -0.4 is 11.5 Å². The third-order valence-electron chi connectivity index (χ3n) is 2.80. The second-order valence-electron chi connectivity index (χ2n) is 4.17. The van der Waals surface area contributed by atoms with E-state index in [1.807, 2.05) is 0 Å². The summed E-state index contributed by atoms with van der Waals surface area (Å²) in [5.41, 5.74) is 11.7. The number of hydrogen-bond acceptors (Lipinski definition) is 4. The molecule has 0 radical (unpaired) electrons. The van der Waals surface area contributed by atoms with Gasteiger partial charge < -0.3 is 11.5 Å². The van der Waals surface area contributed by atoms with Gasteiger partial charge in [-0.3, -0.25) is 15.5 Å². The lowest BCUT2D eigenvalue weighted by Gasteiger charge is -2.10. The summed E-state index contributed by atoms with van der Waals surface area (Å²) in [6, 6.07) is 3.22. The van der Waals surface area contributed by atoms with Crippen LogP contribution in [0.5, 0.6) is 0 Å². The van der Waals surface area contributed by atoms with Gasteiger partial charge in [0.05, 0.1) is 10.5 Å². The molecule has 0 amide bonds. The average molecular weight is 287 g/mol. The van der Waals surface area contributed by atoms with Crippen molar-refractivity contribution in [3.8, 4) is 0 Å². The van der Waals surface area contributed by atoms with Crippen molar-refractivity contribution in [1.29, 1.82) is 5.41 Å². The summed E-state index contributed by atoms with van der Waals surface area (Å²) in [4.78, 5) is 10.4. The molecule has 0 aliphatic heterocycles. The van der Waals surface area contributed by atoms with E-state index in [1.165, 1.54) is 6.07 Å². The third-order valence-corrected chi connectivity index (χ3v) is 2.80. The molecule has 0 fully saturated rings. The van der Waals surface area contributed by atoms with Crippen molar-refractivity contribution in [3.63, 3.8) is 0 Å². The van der Waals surface area contributed by atoms with Gasteiger partial charge in [0.25, 0.3) is 0 Å². The normalized spacial score (nSPS) is 9.74. The first kappa shape index (κ1) is 17.2. The molecule has 0 aliphatic carbocycles. The summed E-state index contributed by atoms with van der Waals surface area (Å²) >= 11 is 0. The lowest BCUT2D eigenvalue weighted by molar-refractivity contribution is -0.384. The molecule has 0 unspecified atom stereocenters. The maximum Gasteiger partial charge on any atom is 0.303 e. The van der Waals surface area contributed by atoms with E-state index in [9.17, 15) is 10.1 Å². The lowest BCUT2D eigenvalue weighted by atomic mass is 9.98. The second kappa shape index (κ2) is 7.58. The van der Waals surface area contributed by atoms with Crippen LogP contribution >= 0.6 is 12.4 Å². The van der Waals surface area contributed by atoms with E-state index >= 15 is 0 Å². The Bertz CT molecular complexity index is 477. The highest BCUT2D eigenvalue weighted by atomic mass is 35.5. The van der Waals surface area contributed by atoms with Gasteiger partial charge >= 0.3 is 5.69 Å². The van der Waals surface area contributed by atoms with Gasteiger partial charge in [0.1, 0.15) is 11.5 Å². The number of aryl methyl sites for hydroxylation is 1. The number of unbranched alkanes of at least 4 members (excludes halogenated alkanes) is 2. The number of anilines is 1. The van der Waals surface area contributed by atoms with E-state index in [1.54, 1.807) is 6.07 Å². The Morgan fingerprint density at radius 2 is 2.05 bits per heavy atom. The van der Waals surface area contributed by atoms with Gasteiger partial charge in [-0.1, -0.05) is 25.8 Å². The monoisotopic (exact) mass is 286 g/mol. The Morgan fingerprint density at radius 3 is 2.53 bits per heavy atom. The number of nitro groups is 1. The largest absolute Gasteiger partial charge is 0.393 e. The number of nitrogens with zero attached hydrogens (tertiary/aromatic N) is 1. The zero-order valence-corrected chi connectivity index (χ0v) is 11.6. The Kier molecular flexibility index (Phi) is 6.85. The van der Waals surface area contributed by atoms with Gasteiger partial charge in [-0.2, -0.15) is 0 Å². The molecule has 0 aromatic heterocycles. The molecule has 106 valence electrons. The minimum atomic E-state index is -0.574. The van der Waals surface area contributed by atoms with Gasteiger partial charge in [-0.25, -0.2) is 0 Å². The Balaban J connectivity index is 0.00000324. The minimum absolute atomic E-state index is 0. The van der Waals surface area contributed by atoms with E-state index in [2.05, 4.69) is 6.92 Å². The van der Waals surface area contributed by atoms with Crippen LogP contribution in [0.3, 0.4) is 0 Å². The maximum absolute atomic E-state index is 11.0. The van der Waals surface area contributed by atoms with E-state index in [0.29, 0.717) is 6.42 Å². The van der Waals surface area contributed by atoms with Gasteiger partial charge in [0, 0.05) is 0 Å². The van der Waals surface area contributed by atoms with E-state index in [4.69, 9.17) is 16.9 Å². The van der Waals surface area contributed by atoms with Crippen LogP contribution in [0.25, 0.3) is 0 Å². The molecule has 0 saturated heterocycles. The molecule has 6 nitrogen and oxygen atoms in total. The molecule has 7 heteroatoms. The van der Waals surface area contributed by atoms with Crippen LogP contribution in [0.15, 0.2) is 12.1 Å². The Hall–Kier alpha value is -1.82. The second-order valence-corrected chi connectivity index (χ2v) is 4.17. The van der Waals surface area contributed by atoms with Crippen molar-refractivity contribution in [1.82, 2.24) is 0 Å². The predicted octanol–water partition coefficient (Wildman–Crippen LogP) is 2.62. The van der Waals surface area contributed by atoms with Crippen LogP contribution in [0.4, 0.5) is 11.4 Å². The van der Waals surface area contributed by atoms with E-state index in [-0.39, 0.29) is 35.2 Å². The van der Waals surface area contributed by atoms with Crippen molar-refractivity contribution in [2.75, 3.05) is 5.73 Å². The highest BCUT2D eigenvalue weighted by molar-refractivity contribution is 6.02. The zero-order valence-electron chi connectivity index (χ0n) is 10.8. The van der Waals surface area contributed by atoms with Gasteiger partial charge in [-0.05, 0) is 24.5 Å². The Labute approximate surface area is 118 Å². The fourth-order valence-electron chi connectivity index (χ4n) is 1.92. The van der Waals surface area contributed by atoms with Crippen LogP contribution in [0.1, 0.15) is 37.3 Å². The summed E-state index contributed by atoms with van der Waals surface area (Å²) in [6.07, 6.45) is 3.68. The smallest absolute Gasteiger partial charge is 0.303 e. The van der Waals surface area contributed by atoms with Gasteiger partial charge in [0.15, 0.2) is 0 Å². The van der Waals surface area contributed by atoms with Gasteiger partial charge in [-0.15, -0.1) is 12.4 Å². The molecular formula is C12H19ClN4O2. The summed E-state index contributed by atoms with van der Waals surface area (Å²) in [6.45, 7) is 2.08. The number of nitrogens with two attached hydrogens (primary N) is 2. The number of nitrogens with one attached hydrogen (secondary N) is 1. The van der Waals surface area contributed by atoms with Gasteiger partial charge in [0.2, 0.25) is 0 Å². The van der Waals surface area contributed by atoms with Crippen LogP contribution in [-0.2, 0) is 6.42 Å². The maximum atomic E-state index is 11.0. The SMILES string of the molecule is CCCCCc1ccc(N)c([N+](=O)[O-])c1C(=N)N.Cl. The molecule has 0 heterocycles. The van der Waals surface area contributed by atoms with Crippen LogP contribution in [-0.4, -0.2) is 10.8 Å². The number of hydrogen-bond donors (Lipinski definition) is 3. The summed E-state index contributed by atoms with van der Waals surface area (Å²) < 4.78 is 0. The van der Waals surface area contributed by atoms with Crippen LogP contribution in [0, 0.1) is 15.5 Å². The number of amidine groups is 1. The molecule has 0 bridgehead atoms. The predicted molar refractivity (Wildman–Crippen MR) is 79.0 cm³/mol. The molecule has 1 aromatic rings. The highest BCUT2D eigenvalue weighted by Crippen LogP contribution is 2.29. The fraction of sp³-hybridized carbons (Fsp3) is 0.417. The quantitative estimate of drug-likeness (QED) is 0.186. The lowest BCUT2D eigenvalue weighted by Crippen LogP contribution is -2.17. The van der Waals surface area contributed by atoms with Crippen molar-refractivity contribution in [3.05, 3.63) is 33.4 Å². The summed E-state index contributed by atoms with van der Waals surface area (Å²) in [5.74, 6) is -0.305. The molecule has 19 heavy (non-hydrogen) atoms. The molecule has 0 saturated carbocycles. The van der Waals surface area contributed by atoms with Crippen molar-refractivity contribution >= 4 is 29.6 Å². The molecule has 0 spiro atoms. The minimum Gasteiger partial charge on any atom is -0.393 e. The molecule has 1 rings (SSSR count). The number of benzene rings is 1. The number of nitrogen functional groups attached to an aromatic ring is 2. The number of halogens is 1. The first-order valence-corrected chi connectivity index (χ1v) is 5.89. The van der Waals surface area contributed by atoms with Crippen molar-refractivity contribution in [2.24, 2.45) is 5.73 Å². The van der Waals surface area contributed by atoms with E-state index < -0.39 is 4.92 Å². The van der Waals surface area contributed by atoms with Crippen molar-refractivity contribution in [2.45, 2.75) is 32.6 Å². The van der Waals surface area contributed by atoms with E-state index in [0.717, 1.165) is 24.8 Å².